The SMILES string of the molecule is O=C(c1ccc2c(c1)OCO2)N1CCC(c2ccccc2F)CC1. The monoisotopic (exact) mass is 327 g/mol. The van der Waals surface area contributed by atoms with Crippen molar-refractivity contribution in [1.82, 2.24) is 4.90 Å². The molecule has 4 rings (SSSR count). The number of nitrogens with zero attached hydrogens (tertiary/aromatic N) is 1. The average Bonchev–Trinajstić information content (AvgIpc) is 3.09. The van der Waals surface area contributed by atoms with Crippen molar-refractivity contribution in [2.45, 2.75) is 18.8 Å². The van der Waals surface area contributed by atoms with Crippen LogP contribution >= 0.6 is 0 Å². The van der Waals surface area contributed by atoms with Gasteiger partial charge in [-0.05, 0) is 48.6 Å². The van der Waals surface area contributed by atoms with E-state index in [1.54, 1.807) is 24.3 Å². The van der Waals surface area contributed by atoms with E-state index in [9.17, 15) is 9.18 Å². The van der Waals surface area contributed by atoms with Gasteiger partial charge in [0, 0.05) is 18.7 Å². The summed E-state index contributed by atoms with van der Waals surface area (Å²) in [5, 5.41) is 0. The molecule has 2 aliphatic rings. The van der Waals surface area contributed by atoms with E-state index in [-0.39, 0.29) is 24.4 Å². The van der Waals surface area contributed by atoms with Gasteiger partial charge in [0.25, 0.3) is 5.91 Å². The summed E-state index contributed by atoms with van der Waals surface area (Å²) in [7, 11) is 0. The highest BCUT2D eigenvalue weighted by Gasteiger charge is 2.27. The number of amides is 1. The number of benzene rings is 2. The Labute approximate surface area is 139 Å². The first-order valence-corrected chi connectivity index (χ1v) is 8.16. The molecule has 2 heterocycles. The number of ether oxygens (including phenoxy) is 2. The van der Waals surface area contributed by atoms with Crippen LogP contribution in [0.4, 0.5) is 4.39 Å². The van der Waals surface area contributed by atoms with Crippen molar-refractivity contribution in [2.24, 2.45) is 0 Å². The molecule has 4 nitrogen and oxygen atoms in total. The predicted molar refractivity (Wildman–Crippen MR) is 86.8 cm³/mol. The molecule has 0 aliphatic carbocycles. The smallest absolute Gasteiger partial charge is 0.253 e. The molecule has 1 fully saturated rings. The molecule has 0 atom stereocenters. The van der Waals surface area contributed by atoms with Gasteiger partial charge in [0.2, 0.25) is 6.79 Å². The zero-order valence-electron chi connectivity index (χ0n) is 13.2. The van der Waals surface area contributed by atoms with Crippen LogP contribution in [-0.4, -0.2) is 30.7 Å². The summed E-state index contributed by atoms with van der Waals surface area (Å²) in [6.07, 6.45) is 1.55. The lowest BCUT2D eigenvalue weighted by molar-refractivity contribution is 0.0712. The Morgan fingerprint density at radius 3 is 2.58 bits per heavy atom. The molecule has 124 valence electrons. The van der Waals surface area contributed by atoms with Gasteiger partial charge in [-0.3, -0.25) is 4.79 Å². The molecule has 0 aromatic heterocycles. The van der Waals surface area contributed by atoms with Crippen molar-refractivity contribution in [2.75, 3.05) is 19.9 Å². The lowest BCUT2D eigenvalue weighted by Crippen LogP contribution is -2.38. The number of carbonyl (C=O) groups excluding carboxylic acids is 1. The Morgan fingerprint density at radius 1 is 1.04 bits per heavy atom. The second-order valence-electron chi connectivity index (χ2n) is 6.16. The van der Waals surface area contributed by atoms with Gasteiger partial charge in [0.15, 0.2) is 11.5 Å². The van der Waals surface area contributed by atoms with Gasteiger partial charge in [-0.2, -0.15) is 0 Å². The van der Waals surface area contributed by atoms with E-state index in [0.717, 1.165) is 18.4 Å². The van der Waals surface area contributed by atoms with Crippen LogP contribution in [0.25, 0.3) is 0 Å². The van der Waals surface area contributed by atoms with Gasteiger partial charge in [-0.1, -0.05) is 18.2 Å². The quantitative estimate of drug-likeness (QED) is 0.846. The summed E-state index contributed by atoms with van der Waals surface area (Å²) in [5.74, 6) is 1.29. The number of fused-ring (bicyclic) bond motifs is 1. The average molecular weight is 327 g/mol. The van der Waals surface area contributed by atoms with E-state index in [1.807, 2.05) is 17.0 Å². The summed E-state index contributed by atoms with van der Waals surface area (Å²) in [6, 6.07) is 12.2. The third kappa shape index (κ3) is 2.70. The number of hydrogen-bond donors (Lipinski definition) is 0. The number of piperidine rings is 1. The summed E-state index contributed by atoms with van der Waals surface area (Å²) >= 11 is 0. The Morgan fingerprint density at radius 2 is 1.79 bits per heavy atom. The van der Waals surface area contributed by atoms with Gasteiger partial charge in [-0.25, -0.2) is 4.39 Å². The van der Waals surface area contributed by atoms with Crippen LogP contribution in [-0.2, 0) is 0 Å². The maximum Gasteiger partial charge on any atom is 0.253 e. The third-order valence-electron chi connectivity index (χ3n) is 4.75. The molecule has 1 saturated heterocycles. The zero-order valence-corrected chi connectivity index (χ0v) is 13.2. The first-order chi connectivity index (χ1) is 11.7. The van der Waals surface area contributed by atoms with E-state index >= 15 is 0 Å². The van der Waals surface area contributed by atoms with Crippen LogP contribution in [0, 0.1) is 5.82 Å². The van der Waals surface area contributed by atoms with Crippen LogP contribution in [0.15, 0.2) is 42.5 Å². The molecular weight excluding hydrogens is 309 g/mol. The molecule has 2 aromatic carbocycles. The standard InChI is InChI=1S/C19H18FNO3/c20-16-4-2-1-3-15(16)13-7-9-21(10-8-13)19(22)14-5-6-17-18(11-14)24-12-23-17/h1-6,11,13H,7-10,12H2. The Hall–Kier alpha value is -2.56. The van der Waals surface area contributed by atoms with Crippen molar-refractivity contribution >= 4 is 5.91 Å². The van der Waals surface area contributed by atoms with Gasteiger partial charge < -0.3 is 14.4 Å². The van der Waals surface area contributed by atoms with Crippen molar-refractivity contribution in [3.8, 4) is 11.5 Å². The fourth-order valence-corrected chi connectivity index (χ4v) is 3.41. The molecule has 0 bridgehead atoms. The van der Waals surface area contributed by atoms with Gasteiger partial charge >= 0.3 is 0 Å². The molecule has 5 heteroatoms. The van der Waals surface area contributed by atoms with E-state index in [2.05, 4.69) is 0 Å². The topological polar surface area (TPSA) is 38.8 Å². The molecule has 24 heavy (non-hydrogen) atoms. The highest BCUT2D eigenvalue weighted by molar-refractivity contribution is 5.95. The van der Waals surface area contributed by atoms with E-state index < -0.39 is 0 Å². The Balaban J connectivity index is 1.44. The molecule has 1 amide bonds. The minimum absolute atomic E-state index is 0.0136. The number of rotatable bonds is 2. The maximum absolute atomic E-state index is 13.9. The van der Waals surface area contributed by atoms with Gasteiger partial charge in [-0.15, -0.1) is 0 Å². The third-order valence-corrected chi connectivity index (χ3v) is 4.75. The molecule has 2 aromatic rings. The Bertz CT molecular complexity index is 769. The lowest BCUT2D eigenvalue weighted by Gasteiger charge is -2.32. The van der Waals surface area contributed by atoms with E-state index in [0.29, 0.717) is 30.2 Å². The number of likely N-dealkylation sites (tertiary alicyclic amines) is 1. The molecule has 0 radical (unpaired) electrons. The normalized spacial score (nSPS) is 17.1. The predicted octanol–water partition coefficient (Wildman–Crippen LogP) is 3.57. The van der Waals surface area contributed by atoms with Crippen molar-refractivity contribution < 1.29 is 18.7 Å². The highest BCUT2D eigenvalue weighted by atomic mass is 19.1. The van der Waals surface area contributed by atoms with Crippen molar-refractivity contribution in [3.63, 3.8) is 0 Å². The number of hydrogen-bond acceptors (Lipinski definition) is 3. The first-order valence-electron chi connectivity index (χ1n) is 8.16. The molecule has 0 saturated carbocycles. The Kier molecular flexibility index (Phi) is 3.84. The van der Waals surface area contributed by atoms with Crippen LogP contribution < -0.4 is 9.47 Å². The van der Waals surface area contributed by atoms with Crippen LogP contribution in [0.1, 0.15) is 34.7 Å². The lowest BCUT2D eigenvalue weighted by atomic mass is 9.89. The highest BCUT2D eigenvalue weighted by Crippen LogP contribution is 2.34. The van der Waals surface area contributed by atoms with Gasteiger partial charge in [0.1, 0.15) is 5.82 Å². The van der Waals surface area contributed by atoms with E-state index in [4.69, 9.17) is 9.47 Å². The molecule has 0 N–H and O–H groups in total. The van der Waals surface area contributed by atoms with Crippen molar-refractivity contribution in [3.05, 3.63) is 59.4 Å². The van der Waals surface area contributed by atoms with Gasteiger partial charge in [0.05, 0.1) is 0 Å². The van der Waals surface area contributed by atoms with Crippen LogP contribution in [0.5, 0.6) is 11.5 Å². The summed E-state index contributed by atoms with van der Waals surface area (Å²) in [6.45, 7) is 1.46. The second-order valence-corrected chi connectivity index (χ2v) is 6.16. The number of halogens is 1. The zero-order chi connectivity index (χ0) is 16.5. The van der Waals surface area contributed by atoms with Crippen molar-refractivity contribution in [1.29, 1.82) is 0 Å². The fraction of sp³-hybridized carbons (Fsp3) is 0.316. The summed E-state index contributed by atoms with van der Waals surface area (Å²) < 4.78 is 24.5. The van der Waals surface area contributed by atoms with Crippen LogP contribution in [0.3, 0.4) is 0 Å². The fourth-order valence-electron chi connectivity index (χ4n) is 3.41. The summed E-state index contributed by atoms with van der Waals surface area (Å²) in [4.78, 5) is 14.5. The molecular formula is C19H18FNO3. The van der Waals surface area contributed by atoms with Crippen LogP contribution in [0.2, 0.25) is 0 Å². The largest absolute Gasteiger partial charge is 0.454 e. The number of carbonyl (C=O) groups is 1. The minimum atomic E-state index is -0.155. The molecule has 2 aliphatic heterocycles. The molecule has 0 unspecified atom stereocenters. The minimum Gasteiger partial charge on any atom is -0.454 e. The second kappa shape index (κ2) is 6.15. The van der Waals surface area contributed by atoms with E-state index in [1.165, 1.54) is 6.07 Å². The first kappa shape index (κ1) is 15.0. The summed E-state index contributed by atoms with van der Waals surface area (Å²) in [5.41, 5.74) is 1.36. The maximum atomic E-state index is 13.9. The molecule has 0 spiro atoms.